The molecular formula is C15H19N3O2S. The van der Waals surface area contributed by atoms with E-state index in [2.05, 4.69) is 4.98 Å². The van der Waals surface area contributed by atoms with E-state index in [4.69, 9.17) is 5.73 Å². The second-order valence-electron chi connectivity index (χ2n) is 4.92. The standard InChI is InChI=1S/C15H19N3O2S/c1-12-9-14(10-16)3-4-15(12)21(19,20)18(2)11-13-5-7-17-8-6-13/h3-9H,10-11,16H2,1-2H3. The fourth-order valence-corrected chi connectivity index (χ4v) is 3.49. The number of aryl methyl sites for hydroxylation is 1. The maximum absolute atomic E-state index is 12.6. The lowest BCUT2D eigenvalue weighted by Gasteiger charge is -2.19. The number of pyridine rings is 1. The molecule has 0 radical (unpaired) electrons. The Kier molecular flexibility index (Phi) is 4.72. The number of aromatic nitrogens is 1. The first-order valence-electron chi connectivity index (χ1n) is 6.60. The van der Waals surface area contributed by atoms with E-state index in [1.807, 2.05) is 6.07 Å². The van der Waals surface area contributed by atoms with Gasteiger partial charge in [-0.1, -0.05) is 12.1 Å². The van der Waals surface area contributed by atoms with Crippen molar-refractivity contribution >= 4 is 10.0 Å². The van der Waals surface area contributed by atoms with Gasteiger partial charge < -0.3 is 5.73 Å². The summed E-state index contributed by atoms with van der Waals surface area (Å²) in [4.78, 5) is 4.24. The minimum atomic E-state index is -3.52. The van der Waals surface area contributed by atoms with Gasteiger partial charge in [-0.25, -0.2) is 8.42 Å². The summed E-state index contributed by atoms with van der Waals surface area (Å²) < 4.78 is 26.6. The number of hydrogen-bond acceptors (Lipinski definition) is 4. The van der Waals surface area contributed by atoms with E-state index in [1.54, 1.807) is 50.6 Å². The Morgan fingerprint density at radius 1 is 1.14 bits per heavy atom. The van der Waals surface area contributed by atoms with Crippen LogP contribution >= 0.6 is 0 Å². The van der Waals surface area contributed by atoms with Crippen molar-refractivity contribution in [2.45, 2.75) is 24.9 Å². The summed E-state index contributed by atoms with van der Waals surface area (Å²) in [6.45, 7) is 2.49. The normalized spacial score (nSPS) is 11.8. The molecule has 1 aromatic heterocycles. The first kappa shape index (κ1) is 15.6. The lowest BCUT2D eigenvalue weighted by molar-refractivity contribution is 0.466. The third kappa shape index (κ3) is 3.47. The Morgan fingerprint density at radius 3 is 2.38 bits per heavy atom. The van der Waals surface area contributed by atoms with Gasteiger partial charge in [-0.3, -0.25) is 4.98 Å². The Bertz CT molecular complexity index is 715. The number of nitrogens with two attached hydrogens (primary N) is 1. The van der Waals surface area contributed by atoms with Gasteiger partial charge in [-0.2, -0.15) is 4.31 Å². The molecule has 0 aliphatic carbocycles. The molecule has 1 aromatic carbocycles. The van der Waals surface area contributed by atoms with Gasteiger partial charge in [0.15, 0.2) is 0 Å². The highest BCUT2D eigenvalue weighted by molar-refractivity contribution is 7.89. The minimum Gasteiger partial charge on any atom is -0.326 e. The zero-order valence-electron chi connectivity index (χ0n) is 12.2. The van der Waals surface area contributed by atoms with Crippen molar-refractivity contribution in [3.05, 3.63) is 59.4 Å². The fraction of sp³-hybridized carbons (Fsp3) is 0.267. The van der Waals surface area contributed by atoms with E-state index in [1.165, 1.54) is 4.31 Å². The van der Waals surface area contributed by atoms with E-state index in [9.17, 15) is 8.42 Å². The first-order valence-corrected chi connectivity index (χ1v) is 8.04. The molecule has 0 bridgehead atoms. The molecule has 0 aliphatic heterocycles. The summed E-state index contributed by atoms with van der Waals surface area (Å²) in [5.74, 6) is 0. The molecule has 21 heavy (non-hydrogen) atoms. The summed E-state index contributed by atoms with van der Waals surface area (Å²) in [6, 6.07) is 8.79. The number of sulfonamides is 1. The molecule has 0 amide bonds. The highest BCUT2D eigenvalue weighted by Crippen LogP contribution is 2.21. The summed E-state index contributed by atoms with van der Waals surface area (Å²) in [6.07, 6.45) is 3.30. The van der Waals surface area contributed by atoms with E-state index >= 15 is 0 Å². The molecule has 0 aliphatic rings. The smallest absolute Gasteiger partial charge is 0.243 e. The quantitative estimate of drug-likeness (QED) is 0.911. The van der Waals surface area contributed by atoms with Crippen LogP contribution in [0.5, 0.6) is 0 Å². The Morgan fingerprint density at radius 2 is 1.81 bits per heavy atom. The van der Waals surface area contributed by atoms with Gasteiger partial charge in [0.25, 0.3) is 0 Å². The van der Waals surface area contributed by atoms with Crippen LogP contribution in [0.25, 0.3) is 0 Å². The molecule has 2 aromatic rings. The van der Waals surface area contributed by atoms with Crippen molar-refractivity contribution in [2.24, 2.45) is 5.73 Å². The molecule has 0 atom stereocenters. The Hall–Kier alpha value is -1.76. The zero-order chi connectivity index (χ0) is 15.5. The van der Waals surface area contributed by atoms with Gasteiger partial charge in [0.05, 0.1) is 4.90 Å². The van der Waals surface area contributed by atoms with Crippen LogP contribution in [0.15, 0.2) is 47.6 Å². The zero-order valence-corrected chi connectivity index (χ0v) is 13.0. The predicted molar refractivity (Wildman–Crippen MR) is 82.0 cm³/mol. The summed E-state index contributed by atoms with van der Waals surface area (Å²) in [7, 11) is -1.95. The second kappa shape index (κ2) is 6.34. The number of benzene rings is 1. The number of hydrogen-bond donors (Lipinski definition) is 1. The second-order valence-corrected chi connectivity index (χ2v) is 6.93. The molecule has 112 valence electrons. The van der Waals surface area contributed by atoms with Crippen molar-refractivity contribution < 1.29 is 8.42 Å². The average molecular weight is 305 g/mol. The van der Waals surface area contributed by atoms with Crippen molar-refractivity contribution in [1.29, 1.82) is 0 Å². The van der Waals surface area contributed by atoms with Crippen LogP contribution in [0.1, 0.15) is 16.7 Å². The molecule has 0 saturated heterocycles. The lowest BCUT2D eigenvalue weighted by atomic mass is 10.1. The predicted octanol–water partition coefficient (Wildman–Crippen LogP) is 1.67. The molecule has 2 rings (SSSR count). The number of rotatable bonds is 5. The molecule has 2 N–H and O–H groups in total. The Balaban J connectivity index is 2.29. The largest absolute Gasteiger partial charge is 0.326 e. The molecular weight excluding hydrogens is 286 g/mol. The molecule has 5 nitrogen and oxygen atoms in total. The number of nitrogens with zero attached hydrogens (tertiary/aromatic N) is 2. The molecule has 0 fully saturated rings. The average Bonchev–Trinajstić information content (AvgIpc) is 2.47. The SMILES string of the molecule is Cc1cc(CN)ccc1S(=O)(=O)N(C)Cc1ccncc1. The highest BCUT2D eigenvalue weighted by Gasteiger charge is 2.22. The van der Waals surface area contributed by atoms with E-state index < -0.39 is 10.0 Å². The summed E-state index contributed by atoms with van der Waals surface area (Å²) in [5.41, 5.74) is 8.10. The Labute approximate surface area is 125 Å². The van der Waals surface area contributed by atoms with Gasteiger partial charge in [0.1, 0.15) is 0 Å². The summed E-state index contributed by atoms with van der Waals surface area (Å²) in [5, 5.41) is 0. The van der Waals surface area contributed by atoms with Gasteiger partial charge in [-0.15, -0.1) is 0 Å². The van der Waals surface area contributed by atoms with Crippen LogP contribution in [0.2, 0.25) is 0 Å². The molecule has 0 spiro atoms. The van der Waals surface area contributed by atoms with Crippen molar-refractivity contribution in [3.63, 3.8) is 0 Å². The van der Waals surface area contributed by atoms with E-state index in [-0.39, 0.29) is 0 Å². The monoisotopic (exact) mass is 305 g/mol. The van der Waals surface area contributed by atoms with Crippen molar-refractivity contribution in [2.75, 3.05) is 7.05 Å². The van der Waals surface area contributed by atoms with Gasteiger partial charge >= 0.3 is 0 Å². The summed E-state index contributed by atoms with van der Waals surface area (Å²) >= 11 is 0. The van der Waals surface area contributed by atoms with Gasteiger partial charge in [0.2, 0.25) is 10.0 Å². The molecule has 0 saturated carbocycles. The molecule has 0 unspecified atom stereocenters. The minimum absolute atomic E-state index is 0.308. The maximum atomic E-state index is 12.6. The highest BCUT2D eigenvalue weighted by atomic mass is 32.2. The van der Waals surface area contributed by atoms with Crippen LogP contribution < -0.4 is 5.73 Å². The van der Waals surface area contributed by atoms with E-state index in [0.29, 0.717) is 23.5 Å². The van der Waals surface area contributed by atoms with Crippen LogP contribution in [-0.4, -0.2) is 24.8 Å². The topological polar surface area (TPSA) is 76.3 Å². The third-order valence-electron chi connectivity index (χ3n) is 3.32. The van der Waals surface area contributed by atoms with Crippen LogP contribution in [-0.2, 0) is 23.1 Å². The van der Waals surface area contributed by atoms with Crippen molar-refractivity contribution in [1.82, 2.24) is 9.29 Å². The lowest BCUT2D eigenvalue weighted by Crippen LogP contribution is -2.27. The van der Waals surface area contributed by atoms with Crippen LogP contribution in [0.3, 0.4) is 0 Å². The van der Waals surface area contributed by atoms with Gasteiger partial charge in [-0.05, 0) is 41.8 Å². The van der Waals surface area contributed by atoms with E-state index in [0.717, 1.165) is 11.1 Å². The maximum Gasteiger partial charge on any atom is 0.243 e. The van der Waals surface area contributed by atoms with Crippen LogP contribution in [0, 0.1) is 6.92 Å². The first-order chi connectivity index (χ1) is 9.95. The van der Waals surface area contributed by atoms with Gasteiger partial charge in [0, 0.05) is 32.5 Å². The van der Waals surface area contributed by atoms with Crippen molar-refractivity contribution in [3.8, 4) is 0 Å². The third-order valence-corrected chi connectivity index (χ3v) is 5.28. The molecule has 6 heteroatoms. The fourth-order valence-electron chi connectivity index (χ4n) is 2.13. The molecule has 1 heterocycles. The van der Waals surface area contributed by atoms with Crippen LogP contribution in [0.4, 0.5) is 0 Å².